The lowest BCUT2D eigenvalue weighted by Crippen LogP contribution is -2.41. The molecule has 26 heavy (non-hydrogen) atoms. The van der Waals surface area contributed by atoms with E-state index in [-0.39, 0.29) is 24.4 Å². The van der Waals surface area contributed by atoms with Crippen LogP contribution >= 0.6 is 0 Å². The Morgan fingerprint density at radius 1 is 1.23 bits per heavy atom. The second-order valence-electron chi connectivity index (χ2n) is 8.07. The molecule has 2 aliphatic rings. The van der Waals surface area contributed by atoms with Crippen LogP contribution in [0.4, 0.5) is 4.79 Å². The highest BCUT2D eigenvalue weighted by Gasteiger charge is 2.51. The molecule has 3 rings (SSSR count). The monoisotopic (exact) mass is 361 g/mol. The Kier molecular flexibility index (Phi) is 5.22. The highest BCUT2D eigenvalue weighted by molar-refractivity contribution is 6.62. The molecule has 7 heteroatoms. The zero-order valence-corrected chi connectivity index (χ0v) is 16.0. The van der Waals surface area contributed by atoms with Crippen molar-refractivity contribution in [2.75, 3.05) is 13.2 Å². The summed E-state index contributed by atoms with van der Waals surface area (Å²) in [7, 11) is -0.378. The van der Waals surface area contributed by atoms with E-state index in [0.717, 1.165) is 24.1 Å². The molecule has 1 amide bonds. The first-order chi connectivity index (χ1) is 12.2. The molecule has 2 aliphatic heterocycles. The molecule has 0 aromatic heterocycles. The van der Waals surface area contributed by atoms with Crippen LogP contribution in [0.15, 0.2) is 24.3 Å². The number of ether oxygens (including phenoxy) is 1. The first-order valence-corrected chi connectivity index (χ1v) is 9.27. The molecule has 0 bridgehead atoms. The van der Waals surface area contributed by atoms with Gasteiger partial charge >= 0.3 is 13.2 Å². The molecule has 1 unspecified atom stereocenters. The molecule has 1 aromatic carbocycles. The molecule has 0 aliphatic carbocycles. The number of carbonyl (C=O) groups is 1. The van der Waals surface area contributed by atoms with Crippen molar-refractivity contribution >= 4 is 18.7 Å². The van der Waals surface area contributed by atoms with Crippen molar-refractivity contribution in [2.45, 2.75) is 64.2 Å². The highest BCUT2D eigenvalue weighted by Crippen LogP contribution is 2.36. The van der Waals surface area contributed by atoms with Gasteiger partial charge in [-0.25, -0.2) is 4.79 Å². The molecule has 142 valence electrons. The van der Waals surface area contributed by atoms with Gasteiger partial charge in [0, 0.05) is 19.0 Å². The molecule has 0 spiro atoms. The summed E-state index contributed by atoms with van der Waals surface area (Å²) in [6.45, 7) is 9.27. The average Bonchev–Trinajstić information content (AvgIpc) is 3.10. The normalized spacial score (nSPS) is 24.1. The van der Waals surface area contributed by atoms with Crippen molar-refractivity contribution in [3.8, 4) is 5.75 Å². The average molecular weight is 361 g/mol. The van der Waals surface area contributed by atoms with Crippen LogP contribution in [0, 0.1) is 0 Å². The number of carboxylic acid groups (broad SMARTS) is 1. The molecular weight excluding hydrogens is 333 g/mol. The number of benzene rings is 1. The van der Waals surface area contributed by atoms with Crippen molar-refractivity contribution in [3.63, 3.8) is 0 Å². The fourth-order valence-electron chi connectivity index (χ4n) is 3.40. The van der Waals surface area contributed by atoms with Gasteiger partial charge in [0.25, 0.3) is 0 Å². The van der Waals surface area contributed by atoms with Crippen LogP contribution < -0.4 is 10.2 Å². The van der Waals surface area contributed by atoms with Crippen LogP contribution in [-0.2, 0) is 9.31 Å². The van der Waals surface area contributed by atoms with E-state index in [9.17, 15) is 4.79 Å². The predicted molar refractivity (Wildman–Crippen MR) is 100 cm³/mol. The second-order valence-corrected chi connectivity index (χ2v) is 8.07. The van der Waals surface area contributed by atoms with Gasteiger partial charge in [0.2, 0.25) is 0 Å². The second kappa shape index (κ2) is 7.12. The summed E-state index contributed by atoms with van der Waals surface area (Å²) in [5, 5.41) is 9.17. The minimum absolute atomic E-state index is 0.0662. The summed E-state index contributed by atoms with van der Waals surface area (Å²) in [5.41, 5.74) is 0.248. The number of nitrogens with zero attached hydrogens (tertiary/aromatic N) is 1. The standard InChI is InChI=1S/C19H28BNO5/c1-18(2)19(3,4)26-20(25-18)14-7-9-16(10-8-14)24-13-11-15-6-5-12-21(15)17(22)23/h7-10,15H,5-6,11-13H2,1-4H3,(H,22,23). The Hall–Kier alpha value is -1.73. The van der Waals surface area contributed by atoms with Gasteiger partial charge in [-0.3, -0.25) is 0 Å². The maximum absolute atomic E-state index is 11.2. The van der Waals surface area contributed by atoms with E-state index in [0.29, 0.717) is 19.6 Å². The first kappa shape index (κ1) is 19.0. The van der Waals surface area contributed by atoms with Crippen molar-refractivity contribution in [2.24, 2.45) is 0 Å². The van der Waals surface area contributed by atoms with E-state index in [1.165, 1.54) is 4.90 Å². The summed E-state index contributed by atoms with van der Waals surface area (Å²) in [4.78, 5) is 12.7. The molecule has 0 radical (unpaired) electrons. The molecule has 2 heterocycles. The SMILES string of the molecule is CC1(C)OB(c2ccc(OCCC3CCCN3C(=O)O)cc2)OC1(C)C. The van der Waals surface area contributed by atoms with Gasteiger partial charge in [-0.05, 0) is 58.1 Å². The minimum atomic E-state index is -0.834. The molecule has 1 N–H and O–H groups in total. The van der Waals surface area contributed by atoms with Crippen molar-refractivity contribution < 1.29 is 23.9 Å². The summed E-state index contributed by atoms with van der Waals surface area (Å²) in [5.74, 6) is 0.769. The zero-order chi connectivity index (χ0) is 18.9. The maximum Gasteiger partial charge on any atom is 0.494 e. The predicted octanol–water partition coefficient (Wildman–Crippen LogP) is 2.90. The van der Waals surface area contributed by atoms with Gasteiger partial charge in [-0.2, -0.15) is 0 Å². The largest absolute Gasteiger partial charge is 0.494 e. The number of rotatable bonds is 5. The van der Waals surface area contributed by atoms with Crippen LogP contribution in [0.5, 0.6) is 5.75 Å². The van der Waals surface area contributed by atoms with E-state index in [1.54, 1.807) is 0 Å². The lowest BCUT2D eigenvalue weighted by Gasteiger charge is -2.32. The van der Waals surface area contributed by atoms with Gasteiger partial charge < -0.3 is 24.1 Å². The van der Waals surface area contributed by atoms with Gasteiger partial charge in [-0.1, -0.05) is 12.1 Å². The third-order valence-electron chi connectivity index (χ3n) is 5.75. The smallest absolute Gasteiger partial charge is 0.494 e. The van der Waals surface area contributed by atoms with Crippen LogP contribution in [0.2, 0.25) is 0 Å². The minimum Gasteiger partial charge on any atom is -0.494 e. The Bertz CT molecular complexity index is 630. The highest BCUT2D eigenvalue weighted by atomic mass is 16.7. The number of hydrogen-bond acceptors (Lipinski definition) is 4. The fraction of sp³-hybridized carbons (Fsp3) is 0.632. The van der Waals surface area contributed by atoms with E-state index in [4.69, 9.17) is 19.2 Å². The molecule has 2 saturated heterocycles. The third-order valence-corrected chi connectivity index (χ3v) is 5.75. The number of amides is 1. The molecule has 1 aromatic rings. The van der Waals surface area contributed by atoms with Gasteiger partial charge in [0.05, 0.1) is 17.8 Å². The third kappa shape index (κ3) is 3.83. The van der Waals surface area contributed by atoms with Gasteiger partial charge in [0.15, 0.2) is 0 Å². The Morgan fingerprint density at radius 2 is 1.85 bits per heavy atom. The Labute approximate surface area is 155 Å². The molecular formula is C19H28BNO5. The summed E-state index contributed by atoms with van der Waals surface area (Å²) >= 11 is 0. The fourth-order valence-corrected chi connectivity index (χ4v) is 3.40. The van der Waals surface area contributed by atoms with Gasteiger partial charge in [0.1, 0.15) is 5.75 Å². The van der Waals surface area contributed by atoms with Crippen molar-refractivity contribution in [3.05, 3.63) is 24.3 Å². The van der Waals surface area contributed by atoms with Crippen LogP contribution in [0.25, 0.3) is 0 Å². The first-order valence-electron chi connectivity index (χ1n) is 9.27. The maximum atomic E-state index is 11.2. The van der Waals surface area contributed by atoms with E-state index in [2.05, 4.69) is 0 Å². The van der Waals surface area contributed by atoms with Gasteiger partial charge in [-0.15, -0.1) is 0 Å². The zero-order valence-electron chi connectivity index (χ0n) is 16.0. The van der Waals surface area contributed by atoms with E-state index >= 15 is 0 Å². The quantitative estimate of drug-likeness (QED) is 0.817. The lowest BCUT2D eigenvalue weighted by atomic mass is 9.79. The van der Waals surface area contributed by atoms with Crippen LogP contribution in [-0.4, -0.2) is 53.6 Å². The van der Waals surface area contributed by atoms with Crippen LogP contribution in [0.3, 0.4) is 0 Å². The Balaban J connectivity index is 1.52. The summed E-state index contributed by atoms with van der Waals surface area (Å²) < 4.78 is 17.9. The molecule has 0 saturated carbocycles. The molecule has 6 nitrogen and oxygen atoms in total. The topological polar surface area (TPSA) is 68.2 Å². The Morgan fingerprint density at radius 3 is 2.42 bits per heavy atom. The molecule has 2 fully saturated rings. The summed E-state index contributed by atoms with van der Waals surface area (Å²) in [6.07, 6.45) is 1.72. The van der Waals surface area contributed by atoms with E-state index in [1.807, 2.05) is 52.0 Å². The van der Waals surface area contributed by atoms with Crippen LogP contribution in [0.1, 0.15) is 47.0 Å². The van der Waals surface area contributed by atoms with E-state index < -0.39 is 6.09 Å². The number of hydrogen-bond donors (Lipinski definition) is 1. The number of likely N-dealkylation sites (tertiary alicyclic amines) is 1. The lowest BCUT2D eigenvalue weighted by molar-refractivity contribution is 0.00578. The van der Waals surface area contributed by atoms with Crippen molar-refractivity contribution in [1.82, 2.24) is 4.90 Å². The molecule has 1 atom stereocenters. The van der Waals surface area contributed by atoms with Crippen molar-refractivity contribution in [1.29, 1.82) is 0 Å². The summed E-state index contributed by atoms with van der Waals surface area (Å²) in [6, 6.07) is 7.79.